The predicted octanol–water partition coefficient (Wildman–Crippen LogP) is 6.73. The van der Waals surface area contributed by atoms with Crippen molar-refractivity contribution in [3.8, 4) is 11.5 Å². The van der Waals surface area contributed by atoms with E-state index in [1.54, 1.807) is 54.6 Å². The minimum Gasteiger partial charge on any atom is -0.479 e. The summed E-state index contributed by atoms with van der Waals surface area (Å²) >= 11 is 5.99. The van der Waals surface area contributed by atoms with E-state index in [-0.39, 0.29) is 18.1 Å². The summed E-state index contributed by atoms with van der Waals surface area (Å²) in [5.41, 5.74) is -2.14. The van der Waals surface area contributed by atoms with Crippen LogP contribution in [0.2, 0.25) is 5.02 Å². The van der Waals surface area contributed by atoms with Gasteiger partial charge < -0.3 is 14.6 Å². The summed E-state index contributed by atoms with van der Waals surface area (Å²) in [6.45, 7) is 1.10. The lowest BCUT2D eigenvalue weighted by Crippen LogP contribution is -2.53. The number of halogens is 3. The van der Waals surface area contributed by atoms with Crippen LogP contribution in [-0.4, -0.2) is 28.8 Å². The van der Waals surface area contributed by atoms with Crippen LogP contribution in [0.15, 0.2) is 72.8 Å². The molecule has 3 aromatic rings. The van der Waals surface area contributed by atoms with Gasteiger partial charge >= 0.3 is 11.9 Å². The van der Waals surface area contributed by atoms with Crippen molar-refractivity contribution in [2.45, 2.75) is 43.9 Å². The molecule has 1 fully saturated rings. The average Bonchev–Trinajstić information content (AvgIpc) is 3.67. The number of carboxylic acid groups (broad SMARTS) is 1. The van der Waals surface area contributed by atoms with Crippen LogP contribution in [0.5, 0.6) is 11.5 Å². The highest BCUT2D eigenvalue weighted by atomic mass is 35.5. The maximum atomic E-state index is 16.9. The molecule has 188 valence electrons. The van der Waals surface area contributed by atoms with Gasteiger partial charge in [0.15, 0.2) is 17.7 Å². The maximum absolute atomic E-state index is 16.9. The van der Waals surface area contributed by atoms with Gasteiger partial charge in [0.1, 0.15) is 5.75 Å². The van der Waals surface area contributed by atoms with Gasteiger partial charge in [0.25, 0.3) is 5.67 Å². The molecule has 0 saturated heterocycles. The molecule has 36 heavy (non-hydrogen) atoms. The van der Waals surface area contributed by atoms with Crippen molar-refractivity contribution in [3.05, 3.63) is 94.8 Å². The van der Waals surface area contributed by atoms with Crippen LogP contribution < -0.4 is 4.74 Å². The summed E-state index contributed by atoms with van der Waals surface area (Å²) < 4.78 is 42.3. The summed E-state index contributed by atoms with van der Waals surface area (Å²) in [7, 11) is 0. The zero-order valence-electron chi connectivity index (χ0n) is 19.5. The zero-order valence-corrected chi connectivity index (χ0v) is 20.3. The monoisotopic (exact) mass is 514 g/mol. The second-order valence-electron chi connectivity index (χ2n) is 8.92. The Kier molecular flexibility index (Phi) is 7.59. The number of carbonyl (C=O) groups is 2. The van der Waals surface area contributed by atoms with Crippen molar-refractivity contribution in [2.24, 2.45) is 5.92 Å². The van der Waals surface area contributed by atoms with Crippen molar-refractivity contribution in [2.75, 3.05) is 0 Å². The largest absolute Gasteiger partial charge is 0.479 e. The van der Waals surface area contributed by atoms with Crippen LogP contribution >= 0.6 is 11.6 Å². The minimum atomic E-state index is -2.95. The summed E-state index contributed by atoms with van der Waals surface area (Å²) in [6.07, 6.45) is -0.691. The molecule has 0 bridgehead atoms. The number of hydrogen-bond acceptors (Lipinski definition) is 4. The van der Waals surface area contributed by atoms with Crippen LogP contribution in [0.1, 0.15) is 36.8 Å². The van der Waals surface area contributed by atoms with Crippen molar-refractivity contribution in [1.82, 2.24) is 0 Å². The van der Waals surface area contributed by atoms with Crippen LogP contribution in [0.4, 0.5) is 8.78 Å². The van der Waals surface area contributed by atoms with E-state index in [1.165, 1.54) is 12.1 Å². The highest BCUT2D eigenvalue weighted by Crippen LogP contribution is 2.52. The normalized spacial score (nSPS) is 16.4. The predicted molar refractivity (Wildman–Crippen MR) is 131 cm³/mol. The van der Waals surface area contributed by atoms with Gasteiger partial charge in [0.05, 0.1) is 0 Å². The lowest BCUT2D eigenvalue weighted by molar-refractivity contribution is -0.174. The molecule has 0 heterocycles. The number of para-hydroxylation sites is 1. The molecule has 0 unspecified atom stereocenters. The summed E-state index contributed by atoms with van der Waals surface area (Å²) in [5, 5.41) is 10.6. The fraction of sp³-hybridized carbons (Fsp3) is 0.286. The molecule has 4 rings (SSSR count). The number of esters is 1. The number of benzene rings is 3. The van der Waals surface area contributed by atoms with E-state index < -0.39 is 35.4 Å². The topological polar surface area (TPSA) is 72.8 Å². The highest BCUT2D eigenvalue weighted by molar-refractivity contribution is 6.30. The van der Waals surface area contributed by atoms with Gasteiger partial charge in [-0.25, -0.2) is 13.6 Å². The third-order valence-corrected chi connectivity index (χ3v) is 6.52. The molecule has 1 N–H and O–H groups in total. The molecule has 3 atom stereocenters. The second kappa shape index (κ2) is 10.7. The van der Waals surface area contributed by atoms with E-state index in [0.717, 1.165) is 13.0 Å². The van der Waals surface area contributed by atoms with Gasteiger partial charge in [0.2, 0.25) is 0 Å². The third-order valence-electron chi connectivity index (χ3n) is 6.27. The number of alkyl halides is 1. The number of rotatable bonds is 10. The van der Waals surface area contributed by atoms with Crippen LogP contribution in [0.3, 0.4) is 0 Å². The number of ether oxygens (including phenoxy) is 2. The van der Waals surface area contributed by atoms with Crippen molar-refractivity contribution >= 4 is 23.5 Å². The SMILES string of the molecule is CC(=O)O[C@H](Cc1ccc(F)c(Oc2ccccc2)c1)[C@](F)(C(=O)O)[C@@H](c1ccc(Cl)cc1)C1CC1. The Morgan fingerprint density at radius 1 is 1.08 bits per heavy atom. The van der Waals surface area contributed by atoms with E-state index >= 15 is 4.39 Å². The molecule has 1 aliphatic rings. The first kappa shape index (κ1) is 25.6. The van der Waals surface area contributed by atoms with Gasteiger partial charge in [-0.15, -0.1) is 0 Å². The van der Waals surface area contributed by atoms with E-state index in [1.807, 2.05) is 0 Å². The fourth-order valence-corrected chi connectivity index (χ4v) is 4.61. The van der Waals surface area contributed by atoms with Gasteiger partial charge in [0, 0.05) is 24.3 Å². The molecule has 0 radical (unpaired) electrons. The first-order chi connectivity index (χ1) is 17.2. The van der Waals surface area contributed by atoms with Crippen molar-refractivity contribution < 1.29 is 33.0 Å². The maximum Gasteiger partial charge on any atom is 0.346 e. The second-order valence-corrected chi connectivity index (χ2v) is 9.36. The van der Waals surface area contributed by atoms with Crippen molar-refractivity contribution in [1.29, 1.82) is 0 Å². The Bertz CT molecular complexity index is 1230. The molecule has 0 amide bonds. The third kappa shape index (κ3) is 5.68. The molecule has 0 aromatic heterocycles. The molecular weight excluding hydrogens is 490 g/mol. The molecule has 1 saturated carbocycles. The van der Waals surface area contributed by atoms with E-state index in [9.17, 15) is 19.1 Å². The Morgan fingerprint density at radius 2 is 1.75 bits per heavy atom. The smallest absolute Gasteiger partial charge is 0.346 e. The molecular formula is C28H25ClF2O5. The fourth-order valence-electron chi connectivity index (χ4n) is 4.49. The molecule has 8 heteroatoms. The first-order valence-corrected chi connectivity index (χ1v) is 11.9. The summed E-state index contributed by atoms with van der Waals surface area (Å²) in [5.74, 6) is -4.23. The molecule has 0 aliphatic heterocycles. The molecule has 0 spiro atoms. The summed E-state index contributed by atoms with van der Waals surface area (Å²) in [6, 6.07) is 18.8. The number of carbonyl (C=O) groups excluding carboxylic acids is 1. The highest BCUT2D eigenvalue weighted by Gasteiger charge is 2.59. The molecule has 5 nitrogen and oxygen atoms in total. The Hall–Kier alpha value is -3.45. The van der Waals surface area contributed by atoms with Gasteiger partial charge in [-0.3, -0.25) is 4.79 Å². The quantitative estimate of drug-likeness (QED) is 0.304. The zero-order chi connectivity index (χ0) is 25.9. The molecule has 1 aliphatic carbocycles. The minimum absolute atomic E-state index is 0.114. The van der Waals surface area contributed by atoms with Crippen LogP contribution in [-0.2, 0) is 20.7 Å². The summed E-state index contributed by atoms with van der Waals surface area (Å²) in [4.78, 5) is 24.5. The Morgan fingerprint density at radius 3 is 2.33 bits per heavy atom. The van der Waals surface area contributed by atoms with Gasteiger partial charge in [-0.05, 0) is 66.3 Å². The van der Waals surface area contributed by atoms with Crippen LogP contribution in [0.25, 0.3) is 0 Å². The van der Waals surface area contributed by atoms with E-state index in [0.29, 0.717) is 34.7 Å². The van der Waals surface area contributed by atoms with Gasteiger partial charge in [-0.2, -0.15) is 0 Å². The number of carboxylic acids is 1. The number of hydrogen-bond donors (Lipinski definition) is 1. The lowest BCUT2D eigenvalue weighted by Gasteiger charge is -2.36. The Labute approximate surface area is 212 Å². The average molecular weight is 515 g/mol. The Balaban J connectivity index is 1.71. The lowest BCUT2D eigenvalue weighted by atomic mass is 9.75. The van der Waals surface area contributed by atoms with E-state index in [2.05, 4.69) is 0 Å². The number of aliphatic carboxylic acids is 1. The first-order valence-electron chi connectivity index (χ1n) is 11.5. The van der Waals surface area contributed by atoms with Crippen LogP contribution in [0, 0.1) is 11.7 Å². The van der Waals surface area contributed by atoms with Crippen molar-refractivity contribution in [3.63, 3.8) is 0 Å². The standard InChI is InChI=1S/C28H25ClF2O5/c1-17(32)35-25(16-18-7-14-23(30)24(15-18)36-22-5-3-2-4-6-22)28(31,27(33)34)26(19-8-9-19)20-10-12-21(29)13-11-20/h2-7,10-15,19,25-26H,8-9,16H2,1H3,(H,33,34)/t25-,26-,28-/m1/s1. The molecule has 3 aromatic carbocycles. The van der Waals surface area contributed by atoms with E-state index in [4.69, 9.17) is 21.1 Å². The van der Waals surface area contributed by atoms with Gasteiger partial charge in [-0.1, -0.05) is 48.0 Å².